The Bertz CT molecular complexity index is 634. The van der Waals surface area contributed by atoms with E-state index in [1.165, 1.54) is 0 Å². The Morgan fingerprint density at radius 2 is 2.04 bits per heavy atom. The first-order valence-corrected chi connectivity index (χ1v) is 8.14. The average Bonchev–Trinajstić information content (AvgIpc) is 2.53. The summed E-state index contributed by atoms with van der Waals surface area (Å²) in [6, 6.07) is 6.49. The van der Waals surface area contributed by atoms with Gasteiger partial charge < -0.3 is 16.0 Å². The second-order valence-corrected chi connectivity index (χ2v) is 6.47. The third-order valence-electron chi connectivity index (χ3n) is 4.29. The van der Waals surface area contributed by atoms with E-state index in [1.54, 1.807) is 24.3 Å². The molecule has 0 spiro atoms. The Kier molecular flexibility index (Phi) is 6.05. The van der Waals surface area contributed by atoms with Crippen molar-refractivity contribution in [3.63, 3.8) is 0 Å². The molecule has 1 aliphatic rings. The summed E-state index contributed by atoms with van der Waals surface area (Å²) in [7, 11) is 1.09. The Hall–Kier alpha value is -2.09. The Labute approximate surface area is 144 Å². The maximum atomic E-state index is 12.4. The monoisotopic (exact) mass is 357 g/mol. The van der Waals surface area contributed by atoms with Gasteiger partial charge in [0.05, 0.1) is 0 Å². The number of nitrogens with zero attached hydrogens (tertiary/aromatic N) is 1. The fraction of sp³-hybridized carbons (Fsp3) is 0.529. The summed E-state index contributed by atoms with van der Waals surface area (Å²) in [5.74, 6) is -2.19. The molecule has 5 nitrogen and oxygen atoms in total. The number of alkyl halides is 3. The molecule has 138 valence electrons. The van der Waals surface area contributed by atoms with Crippen LogP contribution in [0, 0.1) is 5.92 Å². The zero-order valence-corrected chi connectivity index (χ0v) is 14.0. The van der Waals surface area contributed by atoms with Gasteiger partial charge in [0.2, 0.25) is 5.91 Å². The largest absolute Gasteiger partial charge is 0.471 e. The molecule has 1 aromatic rings. The van der Waals surface area contributed by atoms with Crippen LogP contribution in [0.15, 0.2) is 24.3 Å². The van der Waals surface area contributed by atoms with Crippen LogP contribution in [-0.4, -0.2) is 36.0 Å². The molecule has 1 aliphatic carbocycles. The number of hydrogen-bond donors (Lipinski definition) is 2. The smallest absolute Gasteiger partial charge is 0.334 e. The molecule has 1 aromatic carbocycles. The van der Waals surface area contributed by atoms with Crippen molar-refractivity contribution < 1.29 is 22.8 Å². The number of hydrogen-bond acceptors (Lipinski definition) is 3. The van der Waals surface area contributed by atoms with Crippen LogP contribution in [0.3, 0.4) is 0 Å². The second kappa shape index (κ2) is 7.86. The molecular formula is C17H22F3N3O2. The first-order valence-electron chi connectivity index (χ1n) is 8.14. The molecule has 1 saturated carbocycles. The zero-order valence-electron chi connectivity index (χ0n) is 14.0. The minimum Gasteiger partial charge on any atom is -0.334 e. The molecule has 0 heterocycles. The number of carbonyl (C=O) groups excluding carboxylic acids is 2. The van der Waals surface area contributed by atoms with Crippen molar-refractivity contribution in [1.82, 2.24) is 4.90 Å². The van der Waals surface area contributed by atoms with Gasteiger partial charge in [-0.2, -0.15) is 13.2 Å². The lowest BCUT2D eigenvalue weighted by Crippen LogP contribution is -2.38. The number of nitrogens with two attached hydrogens (primary N) is 1. The number of anilines is 1. The number of nitrogens with one attached hydrogen (secondary N) is 1. The van der Waals surface area contributed by atoms with Gasteiger partial charge in [0.1, 0.15) is 0 Å². The summed E-state index contributed by atoms with van der Waals surface area (Å²) < 4.78 is 37.3. The number of benzene rings is 1. The normalized spacial score (nSPS) is 20.8. The van der Waals surface area contributed by atoms with Crippen LogP contribution in [0.5, 0.6) is 0 Å². The van der Waals surface area contributed by atoms with Crippen LogP contribution in [-0.2, 0) is 16.1 Å². The van der Waals surface area contributed by atoms with E-state index in [9.17, 15) is 22.8 Å². The predicted octanol–water partition coefficient (Wildman–Crippen LogP) is 2.66. The molecule has 8 heteroatoms. The van der Waals surface area contributed by atoms with Crippen molar-refractivity contribution in [3.8, 4) is 0 Å². The van der Waals surface area contributed by atoms with Crippen molar-refractivity contribution in [2.45, 2.75) is 44.4 Å². The van der Waals surface area contributed by atoms with Gasteiger partial charge in [-0.3, -0.25) is 9.59 Å². The highest BCUT2D eigenvalue weighted by Gasteiger charge is 2.41. The summed E-state index contributed by atoms with van der Waals surface area (Å²) in [6.45, 7) is -0.198. The quantitative estimate of drug-likeness (QED) is 0.870. The fourth-order valence-corrected chi connectivity index (χ4v) is 3.02. The van der Waals surface area contributed by atoms with Crippen molar-refractivity contribution >= 4 is 17.5 Å². The third kappa shape index (κ3) is 5.45. The van der Waals surface area contributed by atoms with Gasteiger partial charge in [-0.05, 0) is 37.0 Å². The topological polar surface area (TPSA) is 75.4 Å². The maximum absolute atomic E-state index is 12.4. The van der Waals surface area contributed by atoms with Gasteiger partial charge >= 0.3 is 12.1 Å². The van der Waals surface area contributed by atoms with Crippen LogP contribution in [0.25, 0.3) is 0 Å². The average molecular weight is 357 g/mol. The highest BCUT2D eigenvalue weighted by molar-refractivity contribution is 5.92. The van der Waals surface area contributed by atoms with Crippen LogP contribution in [0.4, 0.5) is 18.9 Å². The van der Waals surface area contributed by atoms with Gasteiger partial charge in [0.15, 0.2) is 0 Å². The molecule has 0 aromatic heterocycles. The molecule has 0 saturated heterocycles. The van der Waals surface area contributed by atoms with Crippen molar-refractivity contribution in [3.05, 3.63) is 29.8 Å². The molecule has 2 amide bonds. The number of halogens is 3. The molecule has 2 unspecified atom stereocenters. The first kappa shape index (κ1) is 19.2. The van der Waals surface area contributed by atoms with Gasteiger partial charge in [-0.25, -0.2) is 0 Å². The predicted molar refractivity (Wildman–Crippen MR) is 87.5 cm³/mol. The zero-order chi connectivity index (χ0) is 18.6. The van der Waals surface area contributed by atoms with E-state index in [4.69, 9.17) is 5.73 Å². The van der Waals surface area contributed by atoms with Crippen LogP contribution < -0.4 is 11.1 Å². The van der Waals surface area contributed by atoms with E-state index in [0.717, 1.165) is 26.3 Å². The van der Waals surface area contributed by atoms with Gasteiger partial charge in [-0.15, -0.1) is 0 Å². The van der Waals surface area contributed by atoms with E-state index in [1.807, 2.05) is 0 Å². The third-order valence-corrected chi connectivity index (χ3v) is 4.29. The summed E-state index contributed by atoms with van der Waals surface area (Å²) >= 11 is 0. The Morgan fingerprint density at radius 3 is 2.68 bits per heavy atom. The molecule has 0 bridgehead atoms. The molecule has 25 heavy (non-hydrogen) atoms. The number of rotatable bonds is 4. The van der Waals surface area contributed by atoms with E-state index in [0.29, 0.717) is 22.6 Å². The Balaban J connectivity index is 1.99. The minimum absolute atomic E-state index is 0.0258. The lowest BCUT2D eigenvalue weighted by molar-refractivity contribution is -0.184. The number of amides is 2. The lowest BCUT2D eigenvalue weighted by atomic mass is 9.85. The van der Waals surface area contributed by atoms with E-state index in [2.05, 4.69) is 5.32 Å². The van der Waals surface area contributed by atoms with Gasteiger partial charge in [-0.1, -0.05) is 18.6 Å². The molecule has 0 radical (unpaired) electrons. The van der Waals surface area contributed by atoms with Gasteiger partial charge in [0.25, 0.3) is 0 Å². The van der Waals surface area contributed by atoms with Crippen LogP contribution in [0.1, 0.15) is 31.2 Å². The number of carbonyl (C=O) groups is 2. The van der Waals surface area contributed by atoms with Gasteiger partial charge in [0, 0.05) is 31.2 Å². The Morgan fingerprint density at radius 1 is 1.32 bits per heavy atom. The summed E-state index contributed by atoms with van der Waals surface area (Å²) in [5, 5.41) is 2.79. The molecule has 3 N–H and O–H groups in total. The van der Waals surface area contributed by atoms with Crippen LogP contribution >= 0.6 is 0 Å². The lowest BCUT2D eigenvalue weighted by Gasteiger charge is -2.25. The molecule has 0 aliphatic heterocycles. The fourth-order valence-electron chi connectivity index (χ4n) is 3.02. The highest BCUT2D eigenvalue weighted by Crippen LogP contribution is 2.25. The van der Waals surface area contributed by atoms with Crippen molar-refractivity contribution in [2.75, 3.05) is 12.4 Å². The SMILES string of the molecule is CN(Cc1cccc(NC(=O)C2CCCC(N)C2)c1)C(=O)C(F)(F)F. The summed E-state index contributed by atoms with van der Waals surface area (Å²) in [4.78, 5) is 24.1. The molecule has 1 fully saturated rings. The highest BCUT2D eigenvalue weighted by atomic mass is 19.4. The summed E-state index contributed by atoms with van der Waals surface area (Å²) in [6.07, 6.45) is -1.67. The maximum Gasteiger partial charge on any atom is 0.471 e. The van der Waals surface area contributed by atoms with E-state index in [-0.39, 0.29) is 24.4 Å². The molecular weight excluding hydrogens is 335 g/mol. The van der Waals surface area contributed by atoms with E-state index >= 15 is 0 Å². The first-order chi connectivity index (χ1) is 11.7. The minimum atomic E-state index is -4.90. The molecule has 2 atom stereocenters. The standard InChI is InChI=1S/C17H22F3N3O2/c1-23(16(25)17(18,19)20)10-11-4-2-7-14(8-11)22-15(24)12-5-3-6-13(21)9-12/h2,4,7-8,12-13H,3,5-6,9-10,21H2,1H3,(H,22,24). The van der Waals surface area contributed by atoms with E-state index < -0.39 is 12.1 Å². The molecule has 2 rings (SSSR count). The van der Waals surface area contributed by atoms with Crippen molar-refractivity contribution in [1.29, 1.82) is 0 Å². The van der Waals surface area contributed by atoms with Crippen molar-refractivity contribution in [2.24, 2.45) is 11.7 Å². The second-order valence-electron chi connectivity index (χ2n) is 6.47. The summed E-state index contributed by atoms with van der Waals surface area (Å²) in [5.41, 5.74) is 6.88. The van der Waals surface area contributed by atoms with Crippen LogP contribution in [0.2, 0.25) is 0 Å².